The van der Waals surface area contributed by atoms with Gasteiger partial charge in [-0.05, 0) is 45.0 Å². The van der Waals surface area contributed by atoms with Gasteiger partial charge in [-0.1, -0.05) is 0 Å². The highest BCUT2D eigenvalue weighted by Crippen LogP contribution is 2.11. The molecule has 0 bridgehead atoms. The molecule has 0 aliphatic carbocycles. The van der Waals surface area contributed by atoms with Crippen molar-refractivity contribution in [3.8, 4) is 0 Å². The highest BCUT2D eigenvalue weighted by Gasteiger charge is 2.11. The zero-order chi connectivity index (χ0) is 13.8. The SMILES string of the molecule is CC(C)(C)OCCS(=O)c1ccc(C(=O)O)cc1. The zero-order valence-corrected chi connectivity index (χ0v) is 11.6. The number of carboxylic acids is 1. The predicted molar refractivity (Wildman–Crippen MR) is 70.4 cm³/mol. The van der Waals surface area contributed by atoms with Gasteiger partial charge in [-0.15, -0.1) is 0 Å². The maximum atomic E-state index is 11.9. The molecule has 0 heterocycles. The van der Waals surface area contributed by atoms with Crippen molar-refractivity contribution < 1.29 is 18.8 Å². The minimum Gasteiger partial charge on any atom is -0.478 e. The Hall–Kier alpha value is -1.20. The fraction of sp³-hybridized carbons (Fsp3) is 0.462. The summed E-state index contributed by atoms with van der Waals surface area (Å²) in [4.78, 5) is 11.3. The molecular weight excluding hydrogens is 252 g/mol. The van der Waals surface area contributed by atoms with Gasteiger partial charge in [0.05, 0.1) is 34.3 Å². The molecule has 1 atom stereocenters. The molecule has 1 aromatic carbocycles. The number of rotatable bonds is 5. The van der Waals surface area contributed by atoms with Gasteiger partial charge in [-0.25, -0.2) is 4.79 Å². The monoisotopic (exact) mass is 270 g/mol. The standard InChI is InChI=1S/C13H18O4S/c1-13(2,3)17-8-9-18(16)11-6-4-10(5-7-11)12(14)15/h4-7H,8-9H2,1-3H3,(H,14,15). The number of carbonyl (C=O) groups is 1. The molecule has 0 aliphatic rings. The van der Waals surface area contributed by atoms with E-state index in [1.54, 1.807) is 12.1 Å². The molecule has 1 rings (SSSR count). The molecule has 0 aliphatic heterocycles. The van der Waals surface area contributed by atoms with E-state index < -0.39 is 16.8 Å². The summed E-state index contributed by atoms with van der Waals surface area (Å²) in [5, 5.41) is 8.75. The first-order chi connectivity index (χ1) is 8.29. The molecule has 0 amide bonds. The van der Waals surface area contributed by atoms with E-state index in [4.69, 9.17) is 9.84 Å². The summed E-state index contributed by atoms with van der Waals surface area (Å²) >= 11 is 0. The minimum atomic E-state index is -1.16. The third-order valence-corrected chi connectivity index (χ3v) is 3.50. The summed E-state index contributed by atoms with van der Waals surface area (Å²) in [6, 6.07) is 6.08. The molecule has 5 heteroatoms. The zero-order valence-electron chi connectivity index (χ0n) is 10.8. The first kappa shape index (κ1) is 14.9. The van der Waals surface area contributed by atoms with Gasteiger partial charge in [0.2, 0.25) is 0 Å². The van der Waals surface area contributed by atoms with E-state index in [0.29, 0.717) is 17.3 Å². The van der Waals surface area contributed by atoms with Crippen molar-refractivity contribution >= 4 is 16.8 Å². The van der Waals surface area contributed by atoms with Gasteiger partial charge < -0.3 is 9.84 Å². The van der Waals surface area contributed by atoms with Crippen LogP contribution in [0.25, 0.3) is 0 Å². The topological polar surface area (TPSA) is 63.6 Å². The van der Waals surface area contributed by atoms with E-state index in [9.17, 15) is 9.00 Å². The quantitative estimate of drug-likeness (QED) is 0.891. The van der Waals surface area contributed by atoms with Crippen molar-refractivity contribution in [2.24, 2.45) is 0 Å². The van der Waals surface area contributed by atoms with Crippen LogP contribution in [0.15, 0.2) is 29.2 Å². The Labute approximate surface area is 109 Å². The highest BCUT2D eigenvalue weighted by molar-refractivity contribution is 7.85. The Bertz CT molecular complexity index is 431. The van der Waals surface area contributed by atoms with Crippen LogP contribution >= 0.6 is 0 Å². The lowest BCUT2D eigenvalue weighted by atomic mass is 10.2. The second-order valence-electron chi connectivity index (χ2n) is 4.84. The number of benzene rings is 1. The van der Waals surface area contributed by atoms with Crippen LogP contribution in [0.2, 0.25) is 0 Å². The summed E-state index contributed by atoms with van der Waals surface area (Å²) in [5.41, 5.74) is -0.0427. The summed E-state index contributed by atoms with van der Waals surface area (Å²) in [6.07, 6.45) is 0. The third kappa shape index (κ3) is 4.98. The van der Waals surface area contributed by atoms with Crippen LogP contribution in [-0.4, -0.2) is 33.2 Å². The molecule has 0 radical (unpaired) electrons. The van der Waals surface area contributed by atoms with Gasteiger partial charge in [0.15, 0.2) is 0 Å². The van der Waals surface area contributed by atoms with E-state index in [-0.39, 0.29) is 11.2 Å². The van der Waals surface area contributed by atoms with E-state index in [2.05, 4.69) is 0 Å². The van der Waals surface area contributed by atoms with Gasteiger partial charge in [0.25, 0.3) is 0 Å². The number of aromatic carboxylic acids is 1. The molecule has 0 saturated heterocycles. The lowest BCUT2D eigenvalue weighted by Gasteiger charge is -2.19. The number of carboxylic acid groups (broad SMARTS) is 1. The smallest absolute Gasteiger partial charge is 0.335 e. The van der Waals surface area contributed by atoms with Crippen molar-refractivity contribution in [3.63, 3.8) is 0 Å². The summed E-state index contributed by atoms with van der Waals surface area (Å²) < 4.78 is 17.4. The van der Waals surface area contributed by atoms with Crippen molar-refractivity contribution in [1.29, 1.82) is 0 Å². The Kier molecular flexibility index (Phi) is 5.04. The number of hydrogen-bond donors (Lipinski definition) is 1. The van der Waals surface area contributed by atoms with Crippen molar-refractivity contribution in [3.05, 3.63) is 29.8 Å². The molecule has 4 nitrogen and oxygen atoms in total. The second-order valence-corrected chi connectivity index (χ2v) is 6.41. The lowest BCUT2D eigenvalue weighted by molar-refractivity contribution is 0.00668. The molecule has 18 heavy (non-hydrogen) atoms. The lowest BCUT2D eigenvalue weighted by Crippen LogP contribution is -2.22. The first-order valence-electron chi connectivity index (χ1n) is 5.65. The molecule has 1 unspecified atom stereocenters. The molecule has 1 aromatic rings. The molecule has 0 saturated carbocycles. The molecule has 0 spiro atoms. The first-order valence-corrected chi connectivity index (χ1v) is 6.97. The normalized spacial score (nSPS) is 13.3. The summed E-state index contributed by atoms with van der Waals surface area (Å²) in [5.74, 6) is -0.577. The maximum Gasteiger partial charge on any atom is 0.335 e. The third-order valence-electron chi connectivity index (χ3n) is 2.17. The largest absolute Gasteiger partial charge is 0.478 e. The Morgan fingerprint density at radius 1 is 1.28 bits per heavy atom. The van der Waals surface area contributed by atoms with Gasteiger partial charge in [-0.3, -0.25) is 4.21 Å². The molecule has 0 aromatic heterocycles. The van der Waals surface area contributed by atoms with Crippen LogP contribution in [0.4, 0.5) is 0 Å². The van der Waals surface area contributed by atoms with Crippen molar-refractivity contribution in [1.82, 2.24) is 0 Å². The predicted octanol–water partition coefficient (Wildman–Crippen LogP) is 2.31. The van der Waals surface area contributed by atoms with E-state index >= 15 is 0 Å². The average Bonchev–Trinajstić information content (AvgIpc) is 2.27. The molecule has 100 valence electrons. The van der Waals surface area contributed by atoms with Crippen LogP contribution < -0.4 is 0 Å². The van der Waals surface area contributed by atoms with Crippen molar-refractivity contribution in [2.45, 2.75) is 31.3 Å². The Morgan fingerprint density at radius 3 is 2.28 bits per heavy atom. The van der Waals surface area contributed by atoms with Crippen LogP contribution in [0, 0.1) is 0 Å². The van der Waals surface area contributed by atoms with Crippen LogP contribution in [0.1, 0.15) is 31.1 Å². The van der Waals surface area contributed by atoms with Gasteiger partial charge >= 0.3 is 5.97 Å². The fourth-order valence-corrected chi connectivity index (χ4v) is 2.20. The Morgan fingerprint density at radius 2 is 1.83 bits per heavy atom. The van der Waals surface area contributed by atoms with Crippen LogP contribution in [0.5, 0.6) is 0 Å². The van der Waals surface area contributed by atoms with E-state index in [1.807, 2.05) is 20.8 Å². The second kappa shape index (κ2) is 6.11. The van der Waals surface area contributed by atoms with Crippen LogP contribution in [0.3, 0.4) is 0 Å². The number of hydrogen-bond acceptors (Lipinski definition) is 3. The van der Waals surface area contributed by atoms with Crippen LogP contribution in [-0.2, 0) is 15.5 Å². The highest BCUT2D eigenvalue weighted by atomic mass is 32.2. The van der Waals surface area contributed by atoms with Gasteiger partial charge in [0, 0.05) is 4.90 Å². The minimum absolute atomic E-state index is 0.196. The molecule has 0 fully saturated rings. The van der Waals surface area contributed by atoms with Crippen molar-refractivity contribution in [2.75, 3.05) is 12.4 Å². The molecule has 1 N–H and O–H groups in total. The van der Waals surface area contributed by atoms with Gasteiger partial charge in [0.1, 0.15) is 0 Å². The fourth-order valence-electron chi connectivity index (χ4n) is 1.29. The summed E-state index contributed by atoms with van der Waals surface area (Å²) in [7, 11) is -1.16. The van der Waals surface area contributed by atoms with E-state index in [0.717, 1.165) is 0 Å². The molecular formula is C13H18O4S. The summed E-state index contributed by atoms with van der Waals surface area (Å²) in [6.45, 7) is 6.24. The van der Waals surface area contributed by atoms with E-state index in [1.165, 1.54) is 12.1 Å². The number of ether oxygens (including phenoxy) is 1. The van der Waals surface area contributed by atoms with Gasteiger partial charge in [-0.2, -0.15) is 0 Å². The average molecular weight is 270 g/mol. The maximum absolute atomic E-state index is 11.9. The Balaban J connectivity index is 2.54.